The zero-order valence-corrected chi connectivity index (χ0v) is 18.7. The average Bonchev–Trinajstić information content (AvgIpc) is 3.23. The van der Waals surface area contributed by atoms with E-state index >= 15 is 0 Å². The van der Waals surface area contributed by atoms with Gasteiger partial charge in [0.2, 0.25) is 0 Å². The number of hydrogen-bond donors (Lipinski definition) is 1. The molecular formula is C24H28N4OS. The second-order valence-electron chi connectivity index (χ2n) is 7.80. The van der Waals surface area contributed by atoms with Gasteiger partial charge in [0.15, 0.2) is 5.11 Å². The van der Waals surface area contributed by atoms with Crippen molar-refractivity contribution in [1.29, 1.82) is 0 Å². The van der Waals surface area contributed by atoms with Crippen LogP contribution in [0.4, 0.5) is 5.69 Å². The number of ether oxygens (including phenoxy) is 1. The van der Waals surface area contributed by atoms with Gasteiger partial charge in [-0.2, -0.15) is 0 Å². The number of anilines is 1. The van der Waals surface area contributed by atoms with Crippen LogP contribution in [0.3, 0.4) is 0 Å². The molecule has 0 aliphatic carbocycles. The molecule has 3 heterocycles. The van der Waals surface area contributed by atoms with Crippen LogP contribution in [0.1, 0.15) is 40.3 Å². The fraction of sp³-hybridized carbons (Fsp3) is 0.333. The number of methoxy groups -OCH3 is 1. The van der Waals surface area contributed by atoms with Gasteiger partial charge in [0.25, 0.3) is 0 Å². The maximum Gasteiger partial charge on any atom is 0.174 e. The van der Waals surface area contributed by atoms with Crippen molar-refractivity contribution in [2.45, 2.75) is 39.4 Å². The van der Waals surface area contributed by atoms with Crippen LogP contribution in [0.15, 0.2) is 54.7 Å². The molecule has 2 aromatic heterocycles. The summed E-state index contributed by atoms with van der Waals surface area (Å²) >= 11 is 5.82. The molecule has 1 fully saturated rings. The second kappa shape index (κ2) is 8.58. The van der Waals surface area contributed by atoms with Crippen LogP contribution in [-0.2, 0) is 11.3 Å². The van der Waals surface area contributed by atoms with Crippen molar-refractivity contribution < 1.29 is 4.74 Å². The molecule has 0 unspecified atom stereocenters. The number of hydrogen-bond acceptors (Lipinski definition) is 3. The van der Waals surface area contributed by atoms with E-state index in [-0.39, 0.29) is 12.1 Å². The SMILES string of the molecule is COCCn1c(C)cc([C@@H]2[C@@H](c3ccccn3)NC(=S)N2c2ccc(C)cc2)c1C. The zero-order valence-electron chi connectivity index (χ0n) is 17.9. The highest BCUT2D eigenvalue weighted by atomic mass is 32.1. The summed E-state index contributed by atoms with van der Waals surface area (Å²) in [4.78, 5) is 6.88. The van der Waals surface area contributed by atoms with Crippen molar-refractivity contribution in [3.8, 4) is 0 Å². The largest absolute Gasteiger partial charge is 0.383 e. The molecule has 156 valence electrons. The van der Waals surface area contributed by atoms with Crippen LogP contribution in [0.25, 0.3) is 0 Å². The number of rotatable bonds is 6. The first kappa shape index (κ1) is 20.6. The lowest BCUT2D eigenvalue weighted by Crippen LogP contribution is -2.29. The van der Waals surface area contributed by atoms with Gasteiger partial charge in [-0.05, 0) is 68.9 Å². The summed E-state index contributed by atoms with van der Waals surface area (Å²) in [6.07, 6.45) is 1.84. The minimum Gasteiger partial charge on any atom is -0.383 e. The van der Waals surface area contributed by atoms with Gasteiger partial charge < -0.3 is 19.5 Å². The molecule has 0 saturated carbocycles. The third-order valence-corrected chi connectivity index (χ3v) is 6.18. The van der Waals surface area contributed by atoms with Gasteiger partial charge in [-0.25, -0.2) is 0 Å². The number of nitrogens with zero attached hydrogens (tertiary/aromatic N) is 3. The van der Waals surface area contributed by atoms with Crippen molar-refractivity contribution in [1.82, 2.24) is 14.9 Å². The monoisotopic (exact) mass is 420 g/mol. The first-order chi connectivity index (χ1) is 14.5. The summed E-state index contributed by atoms with van der Waals surface area (Å²) in [5, 5.41) is 4.27. The van der Waals surface area contributed by atoms with Crippen LogP contribution in [-0.4, -0.2) is 28.4 Å². The Kier molecular flexibility index (Phi) is 5.88. The molecule has 1 saturated heterocycles. The lowest BCUT2D eigenvalue weighted by Gasteiger charge is -2.28. The number of pyridine rings is 1. The molecule has 1 aliphatic heterocycles. The fourth-order valence-electron chi connectivity index (χ4n) is 4.31. The van der Waals surface area contributed by atoms with Gasteiger partial charge in [0.05, 0.1) is 24.4 Å². The van der Waals surface area contributed by atoms with Crippen molar-refractivity contribution in [2.24, 2.45) is 0 Å². The summed E-state index contributed by atoms with van der Waals surface area (Å²) < 4.78 is 7.65. The van der Waals surface area contributed by atoms with Crippen LogP contribution >= 0.6 is 12.2 Å². The van der Waals surface area contributed by atoms with Crippen molar-refractivity contribution >= 4 is 23.0 Å². The van der Waals surface area contributed by atoms with Gasteiger partial charge >= 0.3 is 0 Å². The Bertz CT molecular complexity index is 1030. The van der Waals surface area contributed by atoms with Crippen molar-refractivity contribution in [3.05, 3.63) is 82.9 Å². The Balaban J connectivity index is 1.83. The molecule has 2 atom stereocenters. The van der Waals surface area contributed by atoms with E-state index in [1.807, 2.05) is 18.3 Å². The number of nitrogens with one attached hydrogen (secondary N) is 1. The number of aromatic nitrogens is 2. The maximum absolute atomic E-state index is 5.82. The van der Waals surface area contributed by atoms with E-state index in [2.05, 4.69) is 76.9 Å². The predicted octanol–water partition coefficient (Wildman–Crippen LogP) is 4.63. The van der Waals surface area contributed by atoms with E-state index in [1.54, 1.807) is 7.11 Å². The summed E-state index contributed by atoms with van der Waals surface area (Å²) in [6, 6.07) is 16.8. The van der Waals surface area contributed by atoms with E-state index in [1.165, 1.54) is 22.5 Å². The van der Waals surface area contributed by atoms with Crippen molar-refractivity contribution in [3.63, 3.8) is 0 Å². The van der Waals surface area contributed by atoms with E-state index < -0.39 is 0 Å². The molecule has 4 rings (SSSR count). The van der Waals surface area contributed by atoms with E-state index in [0.717, 1.165) is 23.0 Å². The van der Waals surface area contributed by atoms with Crippen LogP contribution in [0, 0.1) is 20.8 Å². The third-order valence-electron chi connectivity index (χ3n) is 5.86. The Hall–Kier alpha value is -2.70. The zero-order chi connectivity index (χ0) is 21.3. The summed E-state index contributed by atoms with van der Waals surface area (Å²) in [6.45, 7) is 7.95. The molecule has 0 amide bonds. The Morgan fingerprint density at radius 3 is 2.53 bits per heavy atom. The van der Waals surface area contributed by atoms with E-state index in [4.69, 9.17) is 17.0 Å². The van der Waals surface area contributed by atoms with Gasteiger partial charge in [-0.15, -0.1) is 0 Å². The number of thiocarbonyl (C=S) groups is 1. The minimum atomic E-state index is -0.0311. The molecule has 30 heavy (non-hydrogen) atoms. The van der Waals surface area contributed by atoms with Crippen LogP contribution in [0.2, 0.25) is 0 Å². The van der Waals surface area contributed by atoms with Crippen LogP contribution in [0.5, 0.6) is 0 Å². The smallest absolute Gasteiger partial charge is 0.174 e. The molecule has 6 heteroatoms. The van der Waals surface area contributed by atoms with Gasteiger partial charge in [0, 0.05) is 36.9 Å². The molecule has 1 aliphatic rings. The molecule has 1 N–H and O–H groups in total. The quantitative estimate of drug-likeness (QED) is 0.589. The molecular weight excluding hydrogens is 392 g/mol. The molecule has 5 nitrogen and oxygen atoms in total. The average molecular weight is 421 g/mol. The standard InChI is InChI=1S/C24H28N4OS/c1-16-8-10-19(11-9-16)28-23(20-15-17(2)27(18(20)3)13-14-29-4)22(26-24(28)30)21-7-5-6-12-25-21/h5-12,15,22-23H,13-14H2,1-4H3,(H,26,30)/t22-,23-/m1/s1. The van der Waals surface area contributed by atoms with Crippen LogP contribution < -0.4 is 10.2 Å². The topological polar surface area (TPSA) is 42.3 Å². The molecule has 1 aromatic carbocycles. The van der Waals surface area contributed by atoms with E-state index in [9.17, 15) is 0 Å². The Labute approximate surface area is 183 Å². The van der Waals surface area contributed by atoms with E-state index in [0.29, 0.717) is 6.61 Å². The highest BCUT2D eigenvalue weighted by molar-refractivity contribution is 7.80. The highest BCUT2D eigenvalue weighted by Crippen LogP contribution is 2.43. The first-order valence-corrected chi connectivity index (χ1v) is 10.6. The van der Waals surface area contributed by atoms with Crippen molar-refractivity contribution in [2.75, 3.05) is 18.6 Å². The summed E-state index contributed by atoms with van der Waals surface area (Å²) in [5.41, 5.74) is 7.02. The van der Waals surface area contributed by atoms with Gasteiger partial charge in [-0.3, -0.25) is 4.98 Å². The second-order valence-corrected chi connectivity index (χ2v) is 8.19. The lowest BCUT2D eigenvalue weighted by molar-refractivity contribution is 0.186. The number of aryl methyl sites for hydroxylation is 2. The predicted molar refractivity (Wildman–Crippen MR) is 125 cm³/mol. The maximum atomic E-state index is 5.82. The Morgan fingerprint density at radius 2 is 1.87 bits per heavy atom. The minimum absolute atomic E-state index is 0.0117. The number of benzene rings is 1. The molecule has 0 spiro atoms. The first-order valence-electron chi connectivity index (χ1n) is 10.2. The lowest BCUT2D eigenvalue weighted by atomic mass is 9.96. The molecule has 3 aromatic rings. The summed E-state index contributed by atoms with van der Waals surface area (Å²) in [5.74, 6) is 0. The Morgan fingerprint density at radius 1 is 1.10 bits per heavy atom. The molecule has 0 bridgehead atoms. The molecule has 0 radical (unpaired) electrons. The van der Waals surface area contributed by atoms with Gasteiger partial charge in [-0.1, -0.05) is 23.8 Å². The fourth-order valence-corrected chi connectivity index (χ4v) is 4.65. The summed E-state index contributed by atoms with van der Waals surface area (Å²) in [7, 11) is 1.74. The third kappa shape index (κ3) is 3.73. The van der Waals surface area contributed by atoms with Gasteiger partial charge in [0.1, 0.15) is 0 Å². The normalized spacial score (nSPS) is 18.7. The highest BCUT2D eigenvalue weighted by Gasteiger charge is 2.42.